The van der Waals surface area contributed by atoms with Gasteiger partial charge in [0.25, 0.3) is 0 Å². The number of sulfonamides is 1. The van der Waals surface area contributed by atoms with Gasteiger partial charge in [-0.05, 0) is 36.4 Å². The first-order valence-electron chi connectivity index (χ1n) is 8.03. The zero-order valence-corrected chi connectivity index (χ0v) is 14.8. The van der Waals surface area contributed by atoms with Gasteiger partial charge in [0.05, 0.1) is 31.8 Å². The van der Waals surface area contributed by atoms with Gasteiger partial charge in [-0.15, -0.1) is 0 Å². The van der Waals surface area contributed by atoms with Crippen LogP contribution in [0, 0.1) is 0 Å². The molecule has 1 heterocycles. The van der Waals surface area contributed by atoms with Gasteiger partial charge in [-0.3, -0.25) is 0 Å². The van der Waals surface area contributed by atoms with Crippen LogP contribution in [-0.4, -0.2) is 52.2 Å². The first-order valence-corrected chi connectivity index (χ1v) is 9.47. The molecule has 0 spiro atoms. The molecule has 1 aliphatic heterocycles. The summed E-state index contributed by atoms with van der Waals surface area (Å²) < 4.78 is 43.7. The van der Waals surface area contributed by atoms with Crippen LogP contribution in [0.1, 0.15) is 0 Å². The summed E-state index contributed by atoms with van der Waals surface area (Å²) in [5, 5.41) is 0. The molecule has 3 rings (SSSR count). The fraction of sp³-hybridized carbons (Fsp3) is 0.333. The van der Waals surface area contributed by atoms with Crippen molar-refractivity contribution in [2.24, 2.45) is 0 Å². The molecule has 2 aromatic carbocycles. The molecule has 0 aliphatic carbocycles. The van der Waals surface area contributed by atoms with Crippen molar-refractivity contribution in [1.82, 2.24) is 4.31 Å². The van der Waals surface area contributed by atoms with Gasteiger partial charge in [0.15, 0.2) is 0 Å². The van der Waals surface area contributed by atoms with Crippen molar-refractivity contribution in [3.05, 3.63) is 54.6 Å². The summed E-state index contributed by atoms with van der Waals surface area (Å²) >= 11 is 0. The Morgan fingerprint density at radius 2 is 1.76 bits per heavy atom. The standard InChI is InChI=1S/C18H21NO5S/c1-22-15-7-9-18(10-8-15)25(20,21)19-11-12-23-14-17(13-19)24-16-5-3-2-4-6-16/h2-10,17H,11-14H2,1H3/t17-/m1/s1. The summed E-state index contributed by atoms with van der Waals surface area (Å²) in [6.45, 7) is 1.22. The van der Waals surface area contributed by atoms with Gasteiger partial charge in [-0.2, -0.15) is 4.31 Å². The first kappa shape index (κ1) is 17.7. The molecule has 0 aromatic heterocycles. The van der Waals surface area contributed by atoms with Gasteiger partial charge in [0.1, 0.15) is 17.6 Å². The Balaban J connectivity index is 1.77. The van der Waals surface area contributed by atoms with E-state index in [1.165, 1.54) is 4.31 Å². The fourth-order valence-corrected chi connectivity index (χ4v) is 4.09. The second-order valence-electron chi connectivity index (χ2n) is 5.67. The zero-order chi connectivity index (χ0) is 17.7. The summed E-state index contributed by atoms with van der Waals surface area (Å²) in [7, 11) is -2.07. The highest BCUT2D eigenvalue weighted by molar-refractivity contribution is 7.89. The normalized spacial score (nSPS) is 19.2. The average molecular weight is 363 g/mol. The van der Waals surface area contributed by atoms with Crippen LogP contribution in [0.4, 0.5) is 0 Å². The molecule has 0 bridgehead atoms. The average Bonchev–Trinajstić information content (AvgIpc) is 2.89. The van der Waals surface area contributed by atoms with Crippen LogP contribution in [-0.2, 0) is 14.8 Å². The molecule has 0 unspecified atom stereocenters. The van der Waals surface area contributed by atoms with Gasteiger partial charge < -0.3 is 14.2 Å². The van der Waals surface area contributed by atoms with Crippen LogP contribution in [0.2, 0.25) is 0 Å². The molecule has 25 heavy (non-hydrogen) atoms. The summed E-state index contributed by atoms with van der Waals surface area (Å²) in [6, 6.07) is 15.7. The third-order valence-electron chi connectivity index (χ3n) is 3.94. The van der Waals surface area contributed by atoms with Crippen LogP contribution in [0.5, 0.6) is 11.5 Å². The van der Waals surface area contributed by atoms with Crippen molar-refractivity contribution < 1.29 is 22.6 Å². The lowest BCUT2D eigenvalue weighted by atomic mass is 10.3. The van der Waals surface area contributed by atoms with Crippen LogP contribution in [0.25, 0.3) is 0 Å². The molecule has 7 heteroatoms. The second kappa shape index (κ2) is 7.86. The van der Waals surface area contributed by atoms with Crippen molar-refractivity contribution in [3.8, 4) is 11.5 Å². The monoisotopic (exact) mass is 363 g/mol. The summed E-state index contributed by atoms with van der Waals surface area (Å²) in [5.74, 6) is 1.31. The third-order valence-corrected chi connectivity index (χ3v) is 5.82. The molecule has 0 saturated carbocycles. The minimum Gasteiger partial charge on any atom is -0.497 e. The van der Waals surface area contributed by atoms with E-state index in [1.807, 2.05) is 30.3 Å². The van der Waals surface area contributed by atoms with E-state index in [2.05, 4.69) is 0 Å². The first-order chi connectivity index (χ1) is 12.1. The molecule has 0 amide bonds. The van der Waals surface area contributed by atoms with Crippen molar-refractivity contribution in [2.45, 2.75) is 11.0 Å². The van der Waals surface area contributed by atoms with E-state index in [4.69, 9.17) is 14.2 Å². The number of benzene rings is 2. The number of hydrogen-bond donors (Lipinski definition) is 0. The van der Waals surface area contributed by atoms with E-state index in [1.54, 1.807) is 31.4 Å². The quantitative estimate of drug-likeness (QED) is 0.815. The highest BCUT2D eigenvalue weighted by Gasteiger charge is 2.30. The summed E-state index contributed by atoms with van der Waals surface area (Å²) in [5.41, 5.74) is 0. The molecular weight excluding hydrogens is 342 g/mol. The maximum absolute atomic E-state index is 12.9. The molecule has 134 valence electrons. The zero-order valence-electron chi connectivity index (χ0n) is 14.0. The van der Waals surface area contributed by atoms with Crippen molar-refractivity contribution in [1.29, 1.82) is 0 Å². The predicted molar refractivity (Wildman–Crippen MR) is 93.4 cm³/mol. The van der Waals surface area contributed by atoms with E-state index in [-0.39, 0.29) is 17.5 Å². The lowest BCUT2D eigenvalue weighted by Crippen LogP contribution is -2.39. The van der Waals surface area contributed by atoms with Crippen LogP contribution in [0.3, 0.4) is 0 Å². The SMILES string of the molecule is COc1ccc(S(=O)(=O)N2CCOC[C@H](Oc3ccccc3)C2)cc1. The fourth-order valence-electron chi connectivity index (χ4n) is 2.63. The Hall–Kier alpha value is -2.09. The highest BCUT2D eigenvalue weighted by atomic mass is 32.2. The van der Waals surface area contributed by atoms with Crippen molar-refractivity contribution in [3.63, 3.8) is 0 Å². The number of para-hydroxylation sites is 1. The van der Waals surface area contributed by atoms with Gasteiger partial charge in [-0.25, -0.2) is 8.42 Å². The lowest BCUT2D eigenvalue weighted by molar-refractivity contribution is 0.0723. The molecule has 1 fully saturated rings. The number of rotatable bonds is 5. The Morgan fingerprint density at radius 3 is 2.44 bits per heavy atom. The van der Waals surface area contributed by atoms with Crippen LogP contribution in [0.15, 0.2) is 59.5 Å². The Labute approximate surface area is 148 Å². The number of ether oxygens (including phenoxy) is 3. The Morgan fingerprint density at radius 1 is 1.04 bits per heavy atom. The molecule has 1 saturated heterocycles. The van der Waals surface area contributed by atoms with Crippen molar-refractivity contribution >= 4 is 10.0 Å². The highest BCUT2D eigenvalue weighted by Crippen LogP contribution is 2.21. The van der Waals surface area contributed by atoms with Gasteiger partial charge in [0.2, 0.25) is 10.0 Å². The number of methoxy groups -OCH3 is 1. The van der Waals surface area contributed by atoms with Crippen molar-refractivity contribution in [2.75, 3.05) is 33.4 Å². The Bertz CT molecular complexity index is 777. The second-order valence-corrected chi connectivity index (χ2v) is 7.60. The van der Waals surface area contributed by atoms with Gasteiger partial charge in [0, 0.05) is 6.54 Å². The molecule has 6 nitrogen and oxygen atoms in total. The third kappa shape index (κ3) is 4.31. The van der Waals surface area contributed by atoms with E-state index in [0.717, 1.165) is 0 Å². The number of hydrogen-bond acceptors (Lipinski definition) is 5. The van der Waals surface area contributed by atoms with E-state index in [0.29, 0.717) is 31.3 Å². The van der Waals surface area contributed by atoms with E-state index < -0.39 is 10.0 Å². The molecular formula is C18H21NO5S. The maximum atomic E-state index is 12.9. The molecule has 1 atom stereocenters. The summed E-state index contributed by atoms with van der Waals surface area (Å²) in [4.78, 5) is 0.230. The lowest BCUT2D eigenvalue weighted by Gasteiger charge is -2.23. The van der Waals surface area contributed by atoms with E-state index in [9.17, 15) is 8.42 Å². The smallest absolute Gasteiger partial charge is 0.243 e. The largest absolute Gasteiger partial charge is 0.497 e. The molecule has 0 N–H and O–H groups in total. The molecule has 1 aliphatic rings. The topological polar surface area (TPSA) is 65.1 Å². The minimum absolute atomic E-state index is 0.230. The molecule has 2 aromatic rings. The predicted octanol–water partition coefficient (Wildman–Crippen LogP) is 2.16. The number of nitrogens with zero attached hydrogens (tertiary/aromatic N) is 1. The van der Waals surface area contributed by atoms with E-state index >= 15 is 0 Å². The Kier molecular flexibility index (Phi) is 5.57. The van der Waals surface area contributed by atoms with Crippen LogP contribution >= 0.6 is 0 Å². The van der Waals surface area contributed by atoms with Gasteiger partial charge in [-0.1, -0.05) is 18.2 Å². The van der Waals surface area contributed by atoms with Crippen LogP contribution < -0.4 is 9.47 Å². The minimum atomic E-state index is -3.62. The maximum Gasteiger partial charge on any atom is 0.243 e. The molecule has 0 radical (unpaired) electrons. The summed E-state index contributed by atoms with van der Waals surface area (Å²) in [6.07, 6.45) is -0.363. The van der Waals surface area contributed by atoms with Gasteiger partial charge >= 0.3 is 0 Å².